The van der Waals surface area contributed by atoms with Crippen molar-refractivity contribution in [1.29, 1.82) is 0 Å². The molecule has 0 unspecified atom stereocenters. The Morgan fingerprint density at radius 1 is 1.13 bits per heavy atom. The van der Waals surface area contributed by atoms with Crippen LogP contribution >= 0.6 is 0 Å². The van der Waals surface area contributed by atoms with Crippen LogP contribution in [0.1, 0.15) is 31.1 Å². The van der Waals surface area contributed by atoms with Gasteiger partial charge in [-0.15, -0.1) is 10.2 Å². The summed E-state index contributed by atoms with van der Waals surface area (Å²) in [5, 5.41) is 11.0. The van der Waals surface area contributed by atoms with Crippen molar-refractivity contribution in [1.82, 2.24) is 19.7 Å². The zero-order valence-corrected chi connectivity index (χ0v) is 16.1. The quantitative estimate of drug-likeness (QED) is 0.531. The normalized spacial score (nSPS) is 13.5. The summed E-state index contributed by atoms with van der Waals surface area (Å²) in [5.41, 5.74) is 2.11. The second-order valence-corrected chi connectivity index (χ2v) is 7.32. The molecule has 1 fully saturated rings. The van der Waals surface area contributed by atoms with Crippen molar-refractivity contribution in [3.63, 3.8) is 0 Å². The summed E-state index contributed by atoms with van der Waals surface area (Å²) in [6, 6.07) is 14.7. The van der Waals surface area contributed by atoms with E-state index in [1.54, 1.807) is 34.9 Å². The first-order valence-corrected chi connectivity index (χ1v) is 9.85. The Bertz CT molecular complexity index is 1260. The van der Waals surface area contributed by atoms with Gasteiger partial charge in [0.2, 0.25) is 18.2 Å². The summed E-state index contributed by atoms with van der Waals surface area (Å²) in [4.78, 5) is 30.1. The molecule has 1 aliphatic carbocycles. The third-order valence-corrected chi connectivity index (χ3v) is 5.14. The number of nitrogens with one attached hydrogen (secondary N) is 1. The number of rotatable bonds is 6. The van der Waals surface area contributed by atoms with E-state index in [4.69, 9.17) is 4.42 Å². The number of benzene rings is 2. The predicted octanol–water partition coefficient (Wildman–Crippen LogP) is 3.35. The third-order valence-electron chi connectivity index (χ3n) is 5.14. The van der Waals surface area contributed by atoms with Crippen LogP contribution in [0.25, 0.3) is 22.4 Å². The van der Waals surface area contributed by atoms with E-state index in [0.29, 0.717) is 34.7 Å². The number of hydrogen-bond acceptors (Lipinski definition) is 6. The second-order valence-electron chi connectivity index (χ2n) is 7.32. The van der Waals surface area contributed by atoms with Crippen LogP contribution in [0, 0.1) is 0 Å². The SMILES string of the molecule is O=C(CCc1nc2ccccc2c(=O)n1C1CC1)Nc1ccc(-c2nnco2)cc1. The van der Waals surface area contributed by atoms with Gasteiger partial charge in [0.15, 0.2) is 0 Å². The molecule has 30 heavy (non-hydrogen) atoms. The largest absolute Gasteiger partial charge is 0.423 e. The monoisotopic (exact) mass is 401 g/mol. The van der Waals surface area contributed by atoms with Crippen LogP contribution in [0.4, 0.5) is 5.69 Å². The minimum Gasteiger partial charge on any atom is -0.423 e. The summed E-state index contributed by atoms with van der Waals surface area (Å²) in [5.74, 6) is 0.960. The van der Waals surface area contributed by atoms with Crippen LogP contribution in [-0.4, -0.2) is 25.7 Å². The lowest BCUT2D eigenvalue weighted by molar-refractivity contribution is -0.116. The summed E-state index contributed by atoms with van der Waals surface area (Å²) in [6.07, 6.45) is 3.87. The number of nitrogens with zero attached hydrogens (tertiary/aromatic N) is 4. The molecule has 8 nitrogen and oxygen atoms in total. The molecule has 150 valence electrons. The van der Waals surface area contributed by atoms with Gasteiger partial charge in [-0.1, -0.05) is 12.1 Å². The first kappa shape index (κ1) is 18.2. The average Bonchev–Trinajstić information content (AvgIpc) is 3.45. The highest BCUT2D eigenvalue weighted by molar-refractivity contribution is 5.91. The van der Waals surface area contributed by atoms with Crippen molar-refractivity contribution in [2.24, 2.45) is 0 Å². The molecule has 2 aromatic carbocycles. The number of carbonyl (C=O) groups is 1. The molecule has 8 heteroatoms. The standard InChI is InChI=1S/C22H19N5O3/c28-20(24-15-7-5-14(6-8-15)21-26-23-13-30-21)12-11-19-25-18-4-2-1-3-17(18)22(29)27(19)16-9-10-16/h1-8,13,16H,9-12H2,(H,24,28). The van der Waals surface area contributed by atoms with Crippen molar-refractivity contribution in [3.05, 3.63) is 71.1 Å². The van der Waals surface area contributed by atoms with Crippen molar-refractivity contribution >= 4 is 22.5 Å². The Labute approximate surface area is 171 Å². The Kier molecular flexibility index (Phi) is 4.59. The van der Waals surface area contributed by atoms with E-state index in [-0.39, 0.29) is 23.9 Å². The van der Waals surface area contributed by atoms with E-state index in [1.165, 1.54) is 6.39 Å². The van der Waals surface area contributed by atoms with E-state index in [2.05, 4.69) is 20.5 Å². The van der Waals surface area contributed by atoms with Gasteiger partial charge in [0, 0.05) is 30.1 Å². The molecular weight excluding hydrogens is 382 g/mol. The van der Waals surface area contributed by atoms with Crippen molar-refractivity contribution in [2.75, 3.05) is 5.32 Å². The van der Waals surface area contributed by atoms with E-state index in [1.807, 2.05) is 18.2 Å². The molecule has 1 saturated carbocycles. The fourth-order valence-corrected chi connectivity index (χ4v) is 3.52. The van der Waals surface area contributed by atoms with E-state index in [0.717, 1.165) is 18.4 Å². The molecule has 2 aromatic heterocycles. The first-order chi connectivity index (χ1) is 14.7. The van der Waals surface area contributed by atoms with Gasteiger partial charge in [-0.25, -0.2) is 4.98 Å². The van der Waals surface area contributed by atoms with Crippen LogP contribution in [-0.2, 0) is 11.2 Å². The number of carbonyl (C=O) groups excluding carboxylic acids is 1. The lowest BCUT2D eigenvalue weighted by atomic mass is 10.2. The molecule has 1 N–H and O–H groups in total. The molecular formula is C22H19N5O3. The summed E-state index contributed by atoms with van der Waals surface area (Å²) in [7, 11) is 0. The van der Waals surface area contributed by atoms with Gasteiger partial charge in [-0.2, -0.15) is 0 Å². The van der Waals surface area contributed by atoms with Crippen molar-refractivity contribution < 1.29 is 9.21 Å². The molecule has 0 bridgehead atoms. The fraction of sp³-hybridized carbons (Fsp3) is 0.227. The van der Waals surface area contributed by atoms with Crippen molar-refractivity contribution in [3.8, 4) is 11.5 Å². The summed E-state index contributed by atoms with van der Waals surface area (Å²) >= 11 is 0. The number of hydrogen-bond donors (Lipinski definition) is 1. The smallest absolute Gasteiger partial charge is 0.261 e. The average molecular weight is 401 g/mol. The van der Waals surface area contributed by atoms with Gasteiger partial charge in [0.1, 0.15) is 5.82 Å². The number of aryl methyl sites for hydroxylation is 1. The Hall–Kier alpha value is -3.81. The van der Waals surface area contributed by atoms with Crippen LogP contribution in [0.5, 0.6) is 0 Å². The number of aromatic nitrogens is 4. The van der Waals surface area contributed by atoms with Crippen LogP contribution in [0.2, 0.25) is 0 Å². The number of para-hydroxylation sites is 1. The lowest BCUT2D eigenvalue weighted by Crippen LogP contribution is -2.25. The molecule has 0 aliphatic heterocycles. The topological polar surface area (TPSA) is 103 Å². The van der Waals surface area contributed by atoms with Crippen LogP contribution in [0.15, 0.2) is 64.1 Å². The zero-order valence-electron chi connectivity index (χ0n) is 16.1. The fourth-order valence-electron chi connectivity index (χ4n) is 3.52. The lowest BCUT2D eigenvalue weighted by Gasteiger charge is -2.13. The number of fused-ring (bicyclic) bond motifs is 1. The summed E-state index contributed by atoms with van der Waals surface area (Å²) in [6.45, 7) is 0. The number of anilines is 1. The van der Waals surface area contributed by atoms with Gasteiger partial charge in [0.05, 0.1) is 10.9 Å². The third kappa shape index (κ3) is 3.59. The second kappa shape index (κ2) is 7.55. The highest BCUT2D eigenvalue weighted by atomic mass is 16.4. The van der Waals surface area contributed by atoms with Gasteiger partial charge >= 0.3 is 0 Å². The van der Waals surface area contributed by atoms with Gasteiger partial charge < -0.3 is 9.73 Å². The van der Waals surface area contributed by atoms with E-state index >= 15 is 0 Å². The molecule has 1 amide bonds. The van der Waals surface area contributed by atoms with Gasteiger partial charge in [-0.3, -0.25) is 14.2 Å². The molecule has 4 aromatic rings. The first-order valence-electron chi connectivity index (χ1n) is 9.85. The Balaban J connectivity index is 1.30. The molecule has 0 radical (unpaired) electrons. The molecule has 5 rings (SSSR count). The molecule has 2 heterocycles. The highest BCUT2D eigenvalue weighted by Crippen LogP contribution is 2.35. The molecule has 0 saturated heterocycles. The van der Waals surface area contributed by atoms with E-state index < -0.39 is 0 Å². The maximum Gasteiger partial charge on any atom is 0.261 e. The van der Waals surface area contributed by atoms with Crippen LogP contribution in [0.3, 0.4) is 0 Å². The predicted molar refractivity (Wildman–Crippen MR) is 111 cm³/mol. The minimum absolute atomic E-state index is 0.0184. The highest BCUT2D eigenvalue weighted by Gasteiger charge is 2.28. The van der Waals surface area contributed by atoms with E-state index in [9.17, 15) is 9.59 Å². The van der Waals surface area contributed by atoms with Crippen molar-refractivity contribution in [2.45, 2.75) is 31.7 Å². The molecule has 0 atom stereocenters. The molecule has 1 aliphatic rings. The minimum atomic E-state index is -0.134. The molecule has 0 spiro atoms. The van der Waals surface area contributed by atoms with Crippen LogP contribution < -0.4 is 10.9 Å². The summed E-state index contributed by atoms with van der Waals surface area (Å²) < 4.78 is 6.93. The van der Waals surface area contributed by atoms with Gasteiger partial charge in [-0.05, 0) is 49.2 Å². The Morgan fingerprint density at radius 3 is 2.67 bits per heavy atom. The van der Waals surface area contributed by atoms with Gasteiger partial charge in [0.25, 0.3) is 5.56 Å². The maximum absolute atomic E-state index is 12.9. The zero-order chi connectivity index (χ0) is 20.5. The number of amides is 1. The maximum atomic E-state index is 12.9. The Morgan fingerprint density at radius 2 is 1.93 bits per heavy atom.